The summed E-state index contributed by atoms with van der Waals surface area (Å²) in [6.07, 6.45) is 4.67. The number of sulfone groups is 1. The Kier molecular flexibility index (Phi) is 9.97. The van der Waals surface area contributed by atoms with Crippen LogP contribution in [-0.4, -0.2) is 91.1 Å². The number of para-hydroxylation sites is 1. The smallest absolute Gasteiger partial charge is 0.227 e. The molecule has 250 valence electrons. The topological polar surface area (TPSA) is 121 Å². The van der Waals surface area contributed by atoms with Crippen molar-refractivity contribution in [2.24, 2.45) is 0 Å². The molecule has 10 nitrogen and oxygen atoms in total. The van der Waals surface area contributed by atoms with E-state index < -0.39 is 20.5 Å². The lowest BCUT2D eigenvalue weighted by molar-refractivity contribution is -0.127. The van der Waals surface area contributed by atoms with Gasteiger partial charge in [0.1, 0.15) is 4.90 Å². The molecule has 6 rings (SSSR count). The first-order valence-electron chi connectivity index (χ1n) is 15.8. The van der Waals surface area contributed by atoms with Crippen molar-refractivity contribution in [3.63, 3.8) is 0 Å². The highest BCUT2D eigenvalue weighted by atomic mass is 32.2. The fourth-order valence-electron chi connectivity index (χ4n) is 6.05. The number of aryl methyl sites for hydroxylation is 1. The second-order valence-corrected chi connectivity index (χ2v) is 14.3. The van der Waals surface area contributed by atoms with Gasteiger partial charge in [-0.05, 0) is 42.8 Å². The van der Waals surface area contributed by atoms with Gasteiger partial charge >= 0.3 is 0 Å². The molecule has 5 aromatic rings. The van der Waals surface area contributed by atoms with Gasteiger partial charge in [-0.2, -0.15) is 0 Å². The number of rotatable bonds is 12. The van der Waals surface area contributed by atoms with E-state index in [2.05, 4.69) is 37.1 Å². The van der Waals surface area contributed by atoms with Crippen LogP contribution >= 0.6 is 0 Å². The first kappa shape index (κ1) is 33.4. The van der Waals surface area contributed by atoms with Crippen LogP contribution in [0.25, 0.3) is 22.2 Å². The molecule has 3 aromatic carbocycles. The molecule has 1 aliphatic rings. The normalized spacial score (nSPS) is 15.1. The number of H-pyrrole nitrogens is 1. The standard InChI is InChI=1S/C36H39FN6O4S/c1-24-20-39-36(40-29-13-8-14-32(33(29)37)48(3,45)46)41-34(24)28-21-38-35-26(11-7-12-27(28)35)19-31(44)30(43-17-15-42(2)16-18-43)23-47-22-25-9-5-4-6-10-25/h4-14,20-21,30,38H,15-19,22-23H2,1-3H3,(H,39,40,41)/t30-/m0/s1. The van der Waals surface area contributed by atoms with E-state index in [1.807, 2.05) is 61.7 Å². The molecule has 0 saturated carbocycles. The molecule has 0 unspecified atom stereocenters. The molecule has 0 amide bonds. The largest absolute Gasteiger partial charge is 0.375 e. The number of piperazine rings is 1. The van der Waals surface area contributed by atoms with Crippen LogP contribution < -0.4 is 5.32 Å². The number of likely N-dealkylation sites (N-methyl/N-ethyl adjacent to an activating group) is 1. The van der Waals surface area contributed by atoms with E-state index in [0.29, 0.717) is 18.9 Å². The molecule has 0 aliphatic carbocycles. The van der Waals surface area contributed by atoms with Gasteiger partial charge in [0.25, 0.3) is 0 Å². The van der Waals surface area contributed by atoms with Gasteiger partial charge < -0.3 is 19.9 Å². The van der Waals surface area contributed by atoms with Crippen LogP contribution in [0.15, 0.2) is 84.0 Å². The number of nitrogens with one attached hydrogen (secondary N) is 2. The average Bonchev–Trinajstić information content (AvgIpc) is 3.50. The molecular formula is C36H39FN6O4S. The maximum absolute atomic E-state index is 15.1. The Bertz CT molecular complexity index is 2030. The number of carbonyl (C=O) groups is 1. The molecule has 2 N–H and O–H groups in total. The van der Waals surface area contributed by atoms with Gasteiger partial charge in [-0.3, -0.25) is 9.69 Å². The van der Waals surface area contributed by atoms with Crippen molar-refractivity contribution in [3.8, 4) is 11.3 Å². The van der Waals surface area contributed by atoms with Gasteiger partial charge in [-0.1, -0.05) is 54.6 Å². The Balaban J connectivity index is 1.24. The number of fused-ring (bicyclic) bond motifs is 1. The van der Waals surface area contributed by atoms with Crippen molar-refractivity contribution in [2.75, 3.05) is 51.4 Å². The van der Waals surface area contributed by atoms with Crippen molar-refractivity contribution in [1.29, 1.82) is 0 Å². The maximum atomic E-state index is 15.1. The molecule has 1 saturated heterocycles. The minimum Gasteiger partial charge on any atom is -0.375 e. The van der Waals surface area contributed by atoms with Crippen molar-refractivity contribution < 1.29 is 22.3 Å². The van der Waals surface area contributed by atoms with Gasteiger partial charge in [0, 0.05) is 67.7 Å². The van der Waals surface area contributed by atoms with Crippen LogP contribution in [0, 0.1) is 12.7 Å². The summed E-state index contributed by atoms with van der Waals surface area (Å²) in [5.74, 6) is -0.682. The molecule has 1 fully saturated rings. The number of aromatic amines is 1. The Morgan fingerprint density at radius 3 is 2.54 bits per heavy atom. The highest BCUT2D eigenvalue weighted by Gasteiger charge is 2.29. The third-order valence-corrected chi connectivity index (χ3v) is 9.85. The Morgan fingerprint density at radius 1 is 1.04 bits per heavy atom. The van der Waals surface area contributed by atoms with E-state index in [9.17, 15) is 13.2 Å². The van der Waals surface area contributed by atoms with Gasteiger partial charge in [-0.15, -0.1) is 0 Å². The van der Waals surface area contributed by atoms with Crippen molar-refractivity contribution in [1.82, 2.24) is 24.8 Å². The molecule has 48 heavy (non-hydrogen) atoms. The number of carbonyl (C=O) groups excluding carboxylic acids is 1. The number of anilines is 2. The molecule has 3 heterocycles. The van der Waals surface area contributed by atoms with E-state index in [4.69, 9.17) is 4.74 Å². The van der Waals surface area contributed by atoms with Crippen LogP contribution in [0.3, 0.4) is 0 Å². The summed E-state index contributed by atoms with van der Waals surface area (Å²) in [6.45, 7) is 6.01. The van der Waals surface area contributed by atoms with Crippen LogP contribution in [-0.2, 0) is 32.4 Å². The third kappa shape index (κ3) is 7.47. The van der Waals surface area contributed by atoms with Gasteiger partial charge in [0.05, 0.1) is 30.6 Å². The molecule has 0 bridgehead atoms. The fraction of sp³-hybridized carbons (Fsp3) is 0.306. The van der Waals surface area contributed by atoms with Crippen molar-refractivity contribution in [3.05, 3.63) is 102 Å². The quantitative estimate of drug-likeness (QED) is 0.185. The van der Waals surface area contributed by atoms with E-state index in [-0.39, 0.29) is 29.9 Å². The zero-order chi connectivity index (χ0) is 33.8. The summed E-state index contributed by atoms with van der Waals surface area (Å²) in [6, 6.07) is 19.6. The van der Waals surface area contributed by atoms with Crippen LogP contribution in [0.2, 0.25) is 0 Å². The number of nitrogens with zero attached hydrogens (tertiary/aromatic N) is 4. The van der Waals surface area contributed by atoms with E-state index >= 15 is 4.39 Å². The van der Waals surface area contributed by atoms with Crippen LogP contribution in [0.1, 0.15) is 16.7 Å². The zero-order valence-corrected chi connectivity index (χ0v) is 28.1. The third-order valence-electron chi connectivity index (χ3n) is 8.74. The molecular weight excluding hydrogens is 631 g/mol. The zero-order valence-electron chi connectivity index (χ0n) is 27.2. The summed E-state index contributed by atoms with van der Waals surface area (Å²) < 4.78 is 45.2. The number of benzene rings is 3. The summed E-state index contributed by atoms with van der Waals surface area (Å²) in [5.41, 5.74) is 4.94. The number of halogens is 1. The number of Topliss-reactive ketones (excluding diaryl/α,β-unsaturated/α-hetero) is 1. The van der Waals surface area contributed by atoms with Gasteiger partial charge in [0.15, 0.2) is 21.4 Å². The molecule has 0 radical (unpaired) electrons. The Labute approximate surface area is 279 Å². The van der Waals surface area contributed by atoms with Gasteiger partial charge in [-0.25, -0.2) is 22.8 Å². The number of hydrogen-bond acceptors (Lipinski definition) is 9. The van der Waals surface area contributed by atoms with E-state index in [1.165, 1.54) is 18.2 Å². The van der Waals surface area contributed by atoms with E-state index in [1.54, 1.807) is 6.20 Å². The summed E-state index contributed by atoms with van der Waals surface area (Å²) >= 11 is 0. The number of aromatic nitrogens is 3. The molecule has 2 aromatic heterocycles. The average molecular weight is 671 g/mol. The second kappa shape index (κ2) is 14.3. The monoisotopic (exact) mass is 670 g/mol. The lowest BCUT2D eigenvalue weighted by atomic mass is 9.99. The van der Waals surface area contributed by atoms with Crippen LogP contribution in [0.5, 0.6) is 0 Å². The molecule has 1 atom stereocenters. The second-order valence-electron chi connectivity index (χ2n) is 12.3. The summed E-state index contributed by atoms with van der Waals surface area (Å²) in [7, 11) is -1.67. The molecule has 1 aliphatic heterocycles. The molecule has 0 spiro atoms. The maximum Gasteiger partial charge on any atom is 0.227 e. The predicted molar refractivity (Wildman–Crippen MR) is 185 cm³/mol. The lowest BCUT2D eigenvalue weighted by Crippen LogP contribution is -2.53. The van der Waals surface area contributed by atoms with Gasteiger partial charge in [0.2, 0.25) is 5.95 Å². The minimum atomic E-state index is -3.76. The number of ether oxygens (including phenoxy) is 1. The number of hydrogen-bond donors (Lipinski definition) is 2. The highest BCUT2D eigenvalue weighted by Crippen LogP contribution is 2.33. The predicted octanol–water partition coefficient (Wildman–Crippen LogP) is 5.16. The lowest BCUT2D eigenvalue weighted by Gasteiger charge is -2.37. The highest BCUT2D eigenvalue weighted by molar-refractivity contribution is 7.90. The van der Waals surface area contributed by atoms with E-state index in [0.717, 1.165) is 65.6 Å². The van der Waals surface area contributed by atoms with Crippen molar-refractivity contribution >= 4 is 38.2 Å². The minimum absolute atomic E-state index is 0.0462. The fourth-order valence-corrected chi connectivity index (χ4v) is 6.81. The SMILES string of the molecule is Cc1cnc(Nc2cccc(S(C)(=O)=O)c2F)nc1-c1c[nH]c2c(CC(=O)[C@H](COCc3ccccc3)N3CCN(C)CC3)cccc12. The van der Waals surface area contributed by atoms with Crippen molar-refractivity contribution in [2.45, 2.75) is 30.9 Å². The Hall–Kier alpha value is -4.49. The van der Waals surface area contributed by atoms with Crippen LogP contribution in [0.4, 0.5) is 16.0 Å². The molecule has 12 heteroatoms. The summed E-state index contributed by atoms with van der Waals surface area (Å²) in [4.78, 5) is 30.5. The first-order valence-corrected chi connectivity index (χ1v) is 17.7. The number of ketones is 1. The first-order chi connectivity index (χ1) is 23.1. The Morgan fingerprint density at radius 2 is 1.79 bits per heavy atom. The summed E-state index contributed by atoms with van der Waals surface area (Å²) in [5, 5.41) is 3.72.